The Hall–Kier alpha value is -2.41. The van der Waals surface area contributed by atoms with E-state index in [2.05, 4.69) is 21.3 Å². The average molecular weight is 367 g/mol. The molecule has 1 amide bonds. The zero-order valence-corrected chi connectivity index (χ0v) is 15.6. The van der Waals surface area contributed by atoms with Crippen molar-refractivity contribution < 1.29 is 4.79 Å². The van der Waals surface area contributed by atoms with E-state index in [9.17, 15) is 4.79 Å². The second-order valence-electron chi connectivity index (χ2n) is 7.13. The average Bonchev–Trinajstić information content (AvgIpc) is 3.39. The second kappa shape index (κ2) is 6.09. The first-order valence-corrected chi connectivity index (χ1v) is 9.95. The molecule has 1 fully saturated rings. The molecule has 5 rings (SSSR count). The van der Waals surface area contributed by atoms with E-state index in [4.69, 9.17) is 4.98 Å². The summed E-state index contributed by atoms with van der Waals surface area (Å²) in [6.45, 7) is 3.22. The SMILES string of the molecule is Cn1c(N2CCC(C(=O)N3CCc4sccc4C3)C2)nc2cccnc21. The van der Waals surface area contributed by atoms with Crippen LogP contribution in [0.25, 0.3) is 11.2 Å². The largest absolute Gasteiger partial charge is 0.341 e. The van der Waals surface area contributed by atoms with Gasteiger partial charge in [0.25, 0.3) is 0 Å². The Kier molecular flexibility index (Phi) is 3.70. The standard InChI is InChI=1S/C19H21N5OS/c1-22-17-15(3-2-7-20-17)21-19(22)24-8-4-14(12-24)18(25)23-9-5-16-13(11-23)6-10-26-16/h2-3,6-7,10,14H,4-5,8-9,11-12H2,1H3. The number of thiophene rings is 1. The fourth-order valence-corrected chi connectivity index (χ4v) is 5.02. The van der Waals surface area contributed by atoms with Crippen LogP contribution in [0.2, 0.25) is 0 Å². The van der Waals surface area contributed by atoms with Gasteiger partial charge in [-0.05, 0) is 42.0 Å². The highest BCUT2D eigenvalue weighted by atomic mass is 32.1. The number of hydrogen-bond donors (Lipinski definition) is 0. The fraction of sp³-hybridized carbons (Fsp3) is 0.421. The van der Waals surface area contributed by atoms with Gasteiger partial charge in [0.05, 0.1) is 5.92 Å². The van der Waals surface area contributed by atoms with Crippen molar-refractivity contribution in [3.05, 3.63) is 40.2 Å². The third-order valence-corrected chi connectivity index (χ3v) is 6.57. The number of pyridine rings is 1. The molecule has 134 valence electrons. The Morgan fingerprint density at radius 3 is 3.12 bits per heavy atom. The number of nitrogens with zero attached hydrogens (tertiary/aromatic N) is 5. The second-order valence-corrected chi connectivity index (χ2v) is 8.13. The van der Waals surface area contributed by atoms with Gasteiger partial charge in [0.2, 0.25) is 11.9 Å². The lowest BCUT2D eigenvalue weighted by Gasteiger charge is -2.29. The quantitative estimate of drug-likeness (QED) is 0.698. The number of fused-ring (bicyclic) bond motifs is 2. The van der Waals surface area contributed by atoms with Crippen LogP contribution in [-0.2, 0) is 24.8 Å². The van der Waals surface area contributed by atoms with Crippen molar-refractivity contribution >= 4 is 34.4 Å². The highest BCUT2D eigenvalue weighted by molar-refractivity contribution is 7.10. The van der Waals surface area contributed by atoms with Gasteiger partial charge < -0.3 is 9.80 Å². The van der Waals surface area contributed by atoms with Gasteiger partial charge in [0.1, 0.15) is 5.52 Å². The van der Waals surface area contributed by atoms with Crippen molar-refractivity contribution in [3.63, 3.8) is 0 Å². The summed E-state index contributed by atoms with van der Waals surface area (Å²) in [4.78, 5) is 27.9. The zero-order chi connectivity index (χ0) is 17.7. The van der Waals surface area contributed by atoms with E-state index in [1.165, 1.54) is 10.4 Å². The van der Waals surface area contributed by atoms with E-state index < -0.39 is 0 Å². The Bertz CT molecular complexity index is 977. The molecule has 0 N–H and O–H groups in total. The molecule has 2 aliphatic heterocycles. The Balaban J connectivity index is 1.32. The van der Waals surface area contributed by atoms with Crippen LogP contribution < -0.4 is 4.90 Å². The van der Waals surface area contributed by atoms with Crippen LogP contribution in [-0.4, -0.2) is 45.0 Å². The van der Waals surface area contributed by atoms with Gasteiger partial charge in [-0.2, -0.15) is 0 Å². The van der Waals surface area contributed by atoms with Gasteiger partial charge in [-0.15, -0.1) is 11.3 Å². The lowest BCUT2D eigenvalue weighted by atomic mass is 10.0. The number of carbonyl (C=O) groups is 1. The van der Waals surface area contributed by atoms with E-state index in [1.54, 1.807) is 6.20 Å². The summed E-state index contributed by atoms with van der Waals surface area (Å²) in [6, 6.07) is 6.05. The molecule has 2 aliphatic rings. The number of anilines is 1. The molecule has 1 saturated heterocycles. The summed E-state index contributed by atoms with van der Waals surface area (Å²) in [5.41, 5.74) is 3.12. The first-order chi connectivity index (χ1) is 12.7. The summed E-state index contributed by atoms with van der Waals surface area (Å²) in [5.74, 6) is 1.26. The van der Waals surface area contributed by atoms with E-state index in [1.807, 2.05) is 40.0 Å². The zero-order valence-electron chi connectivity index (χ0n) is 14.8. The number of carbonyl (C=O) groups excluding carboxylic acids is 1. The predicted octanol–water partition coefficient (Wildman–Crippen LogP) is 2.44. The van der Waals surface area contributed by atoms with Crippen LogP contribution in [0.15, 0.2) is 29.8 Å². The molecular formula is C19H21N5OS. The van der Waals surface area contributed by atoms with Crippen LogP contribution in [0.1, 0.15) is 16.9 Å². The van der Waals surface area contributed by atoms with Crippen molar-refractivity contribution in [1.82, 2.24) is 19.4 Å². The lowest BCUT2D eigenvalue weighted by molar-refractivity contribution is -0.135. The topological polar surface area (TPSA) is 54.3 Å². The monoisotopic (exact) mass is 367 g/mol. The fourth-order valence-electron chi connectivity index (χ4n) is 4.13. The van der Waals surface area contributed by atoms with E-state index in [-0.39, 0.29) is 5.92 Å². The number of rotatable bonds is 2. The van der Waals surface area contributed by atoms with Crippen LogP contribution >= 0.6 is 11.3 Å². The van der Waals surface area contributed by atoms with Crippen molar-refractivity contribution in [2.45, 2.75) is 19.4 Å². The molecule has 0 bridgehead atoms. The number of aromatic nitrogens is 3. The van der Waals surface area contributed by atoms with Gasteiger partial charge in [-0.1, -0.05) is 0 Å². The molecule has 0 spiro atoms. The van der Waals surface area contributed by atoms with Gasteiger partial charge in [0, 0.05) is 44.3 Å². The highest BCUT2D eigenvalue weighted by Crippen LogP contribution is 2.29. The van der Waals surface area contributed by atoms with E-state index in [0.717, 1.165) is 56.1 Å². The Morgan fingerprint density at radius 2 is 2.23 bits per heavy atom. The van der Waals surface area contributed by atoms with Gasteiger partial charge in [-0.3, -0.25) is 9.36 Å². The molecule has 1 unspecified atom stereocenters. The number of hydrogen-bond acceptors (Lipinski definition) is 5. The van der Waals surface area contributed by atoms with E-state index >= 15 is 0 Å². The summed E-state index contributed by atoms with van der Waals surface area (Å²) in [6.07, 6.45) is 3.67. The first kappa shape index (κ1) is 15.8. The minimum Gasteiger partial charge on any atom is -0.341 e. The van der Waals surface area contributed by atoms with Gasteiger partial charge in [-0.25, -0.2) is 9.97 Å². The molecule has 5 heterocycles. The number of imidazole rings is 1. The normalized spacial score (nSPS) is 20.0. The summed E-state index contributed by atoms with van der Waals surface area (Å²) >= 11 is 1.81. The molecule has 3 aromatic heterocycles. The molecule has 0 saturated carbocycles. The van der Waals surface area contributed by atoms with Crippen LogP contribution in [0.4, 0.5) is 5.95 Å². The maximum absolute atomic E-state index is 13.0. The van der Waals surface area contributed by atoms with Gasteiger partial charge in [0.15, 0.2) is 5.65 Å². The Labute approximate surface area is 156 Å². The van der Waals surface area contributed by atoms with Crippen LogP contribution in [0.3, 0.4) is 0 Å². The van der Waals surface area contributed by atoms with Crippen molar-refractivity contribution in [2.75, 3.05) is 24.5 Å². The summed E-state index contributed by atoms with van der Waals surface area (Å²) in [5, 5.41) is 2.13. The predicted molar refractivity (Wildman–Crippen MR) is 102 cm³/mol. The minimum atomic E-state index is 0.0583. The molecule has 0 radical (unpaired) electrons. The molecule has 0 aromatic carbocycles. The maximum atomic E-state index is 13.0. The third-order valence-electron chi connectivity index (χ3n) is 5.54. The molecule has 26 heavy (non-hydrogen) atoms. The summed E-state index contributed by atoms with van der Waals surface area (Å²) in [7, 11) is 2.00. The van der Waals surface area contributed by atoms with Crippen LogP contribution in [0, 0.1) is 5.92 Å². The molecule has 0 aliphatic carbocycles. The number of aryl methyl sites for hydroxylation is 1. The van der Waals surface area contributed by atoms with E-state index in [0.29, 0.717) is 5.91 Å². The Morgan fingerprint density at radius 1 is 1.31 bits per heavy atom. The smallest absolute Gasteiger partial charge is 0.227 e. The molecule has 3 aromatic rings. The summed E-state index contributed by atoms with van der Waals surface area (Å²) < 4.78 is 2.03. The van der Waals surface area contributed by atoms with Crippen molar-refractivity contribution in [2.24, 2.45) is 13.0 Å². The molecule has 6 nitrogen and oxygen atoms in total. The maximum Gasteiger partial charge on any atom is 0.227 e. The number of amides is 1. The molecule has 7 heteroatoms. The van der Waals surface area contributed by atoms with Gasteiger partial charge >= 0.3 is 0 Å². The first-order valence-electron chi connectivity index (χ1n) is 9.07. The molecular weight excluding hydrogens is 346 g/mol. The van der Waals surface area contributed by atoms with Crippen LogP contribution in [0.5, 0.6) is 0 Å². The van der Waals surface area contributed by atoms with Crippen molar-refractivity contribution in [3.8, 4) is 0 Å². The highest BCUT2D eigenvalue weighted by Gasteiger charge is 2.34. The lowest BCUT2D eigenvalue weighted by Crippen LogP contribution is -2.40. The van der Waals surface area contributed by atoms with Crippen molar-refractivity contribution in [1.29, 1.82) is 0 Å². The minimum absolute atomic E-state index is 0.0583. The third kappa shape index (κ3) is 2.49. The molecule has 1 atom stereocenters.